The van der Waals surface area contributed by atoms with E-state index < -0.39 is 12.0 Å². The van der Waals surface area contributed by atoms with Crippen molar-refractivity contribution in [1.29, 1.82) is 0 Å². The molecule has 1 aromatic carbocycles. The van der Waals surface area contributed by atoms with Crippen LogP contribution in [0.4, 0.5) is 5.69 Å². The maximum Gasteiger partial charge on any atom is 0.321 e. The first kappa shape index (κ1) is 16.1. The number of rotatable bonds is 8. The summed E-state index contributed by atoms with van der Waals surface area (Å²) in [5.41, 5.74) is 6.98. The largest absolute Gasteiger partial charge is 0.480 e. The fourth-order valence-corrected chi connectivity index (χ4v) is 1.72. The fourth-order valence-electron chi connectivity index (χ4n) is 1.72. The van der Waals surface area contributed by atoms with E-state index >= 15 is 0 Å². The van der Waals surface area contributed by atoms with Crippen LogP contribution < -0.4 is 16.4 Å². The summed E-state index contributed by atoms with van der Waals surface area (Å²) in [5.74, 6) is -1.37. The molecule has 1 rings (SSSR count). The monoisotopic (exact) mass is 279 g/mol. The second kappa shape index (κ2) is 8.29. The van der Waals surface area contributed by atoms with E-state index in [0.717, 1.165) is 5.56 Å². The summed E-state index contributed by atoms with van der Waals surface area (Å²) in [6, 6.07) is 6.45. The molecule has 0 saturated carbocycles. The fraction of sp³-hybridized carbons (Fsp3) is 0.429. The molecule has 0 spiro atoms. The van der Waals surface area contributed by atoms with Crippen LogP contribution in [-0.2, 0) is 9.59 Å². The van der Waals surface area contributed by atoms with Crippen molar-refractivity contribution in [3.05, 3.63) is 29.8 Å². The van der Waals surface area contributed by atoms with Crippen molar-refractivity contribution in [2.75, 3.05) is 18.4 Å². The highest BCUT2D eigenvalue weighted by molar-refractivity contribution is 5.94. The summed E-state index contributed by atoms with van der Waals surface area (Å²) < 4.78 is 0. The third-order valence-electron chi connectivity index (χ3n) is 2.88. The number of carbonyl (C=O) groups is 2. The molecule has 1 aromatic rings. The molecule has 0 aliphatic rings. The number of hydrogen-bond acceptors (Lipinski definition) is 4. The normalized spacial score (nSPS) is 11.9. The lowest BCUT2D eigenvalue weighted by molar-refractivity contribution is -0.141. The lowest BCUT2D eigenvalue weighted by atomic mass is 10.1. The number of carboxylic acids is 1. The number of carbonyl (C=O) groups excluding carboxylic acids is 1. The van der Waals surface area contributed by atoms with Gasteiger partial charge in [-0.3, -0.25) is 9.59 Å². The number of anilines is 1. The minimum Gasteiger partial charge on any atom is -0.480 e. The number of para-hydroxylation sites is 1. The molecule has 0 unspecified atom stereocenters. The third kappa shape index (κ3) is 5.38. The Labute approximate surface area is 118 Å². The van der Waals surface area contributed by atoms with Crippen LogP contribution in [0.3, 0.4) is 0 Å². The number of amides is 1. The zero-order chi connectivity index (χ0) is 15.0. The highest BCUT2D eigenvalue weighted by Gasteiger charge is 2.20. The number of aryl methyl sites for hydroxylation is 1. The number of carboxylic acid groups (broad SMARTS) is 1. The van der Waals surface area contributed by atoms with Crippen LogP contribution in [0.5, 0.6) is 0 Å². The van der Waals surface area contributed by atoms with Crippen molar-refractivity contribution >= 4 is 17.6 Å². The number of benzene rings is 1. The number of nitrogens with two attached hydrogens (primary N) is 1. The second-order valence-corrected chi connectivity index (χ2v) is 4.55. The second-order valence-electron chi connectivity index (χ2n) is 4.55. The lowest BCUT2D eigenvalue weighted by Gasteiger charge is -2.14. The van der Waals surface area contributed by atoms with Crippen LogP contribution in [0.1, 0.15) is 18.4 Å². The summed E-state index contributed by atoms with van der Waals surface area (Å²) in [6.07, 6.45) is 0.553. The summed E-state index contributed by atoms with van der Waals surface area (Å²) in [5, 5.41) is 14.6. The highest BCUT2D eigenvalue weighted by Crippen LogP contribution is 2.13. The minimum absolute atomic E-state index is 0.117. The molecule has 5 N–H and O–H groups in total. The molecule has 0 aliphatic heterocycles. The van der Waals surface area contributed by atoms with Crippen LogP contribution in [0.2, 0.25) is 0 Å². The molecule has 1 amide bonds. The first-order chi connectivity index (χ1) is 9.54. The van der Waals surface area contributed by atoms with E-state index in [2.05, 4.69) is 10.6 Å². The van der Waals surface area contributed by atoms with Gasteiger partial charge in [-0.15, -0.1) is 0 Å². The van der Waals surface area contributed by atoms with E-state index in [1.165, 1.54) is 0 Å². The summed E-state index contributed by atoms with van der Waals surface area (Å²) in [6.45, 7) is 2.84. The van der Waals surface area contributed by atoms with E-state index in [1.807, 2.05) is 25.1 Å². The molecule has 0 aromatic heterocycles. The Balaban J connectivity index is 2.54. The molecule has 1 atom stereocenters. The van der Waals surface area contributed by atoms with E-state index in [0.29, 0.717) is 25.2 Å². The molecular formula is C14H21N3O3. The minimum atomic E-state index is -1.04. The highest BCUT2D eigenvalue weighted by atomic mass is 16.4. The Morgan fingerprint density at radius 3 is 2.65 bits per heavy atom. The van der Waals surface area contributed by atoms with Gasteiger partial charge in [-0.05, 0) is 38.1 Å². The van der Waals surface area contributed by atoms with Gasteiger partial charge in [-0.1, -0.05) is 18.2 Å². The quantitative estimate of drug-likeness (QED) is 0.525. The summed E-state index contributed by atoms with van der Waals surface area (Å²) in [7, 11) is 0. The number of nitrogens with one attached hydrogen (secondary N) is 2. The smallest absolute Gasteiger partial charge is 0.321 e. The van der Waals surface area contributed by atoms with Gasteiger partial charge < -0.3 is 21.5 Å². The van der Waals surface area contributed by atoms with Crippen LogP contribution >= 0.6 is 0 Å². The molecule has 110 valence electrons. The van der Waals surface area contributed by atoms with Crippen molar-refractivity contribution in [3.63, 3.8) is 0 Å². The van der Waals surface area contributed by atoms with Gasteiger partial charge in [0.25, 0.3) is 0 Å². The van der Waals surface area contributed by atoms with Gasteiger partial charge in [0.1, 0.15) is 6.04 Å². The van der Waals surface area contributed by atoms with Gasteiger partial charge in [0.2, 0.25) is 5.91 Å². The maximum atomic E-state index is 11.9. The lowest BCUT2D eigenvalue weighted by Crippen LogP contribution is -2.40. The Morgan fingerprint density at radius 2 is 2.05 bits per heavy atom. The molecule has 0 saturated heterocycles. The first-order valence-electron chi connectivity index (χ1n) is 6.56. The van der Waals surface area contributed by atoms with E-state index in [4.69, 9.17) is 10.8 Å². The van der Waals surface area contributed by atoms with Crippen molar-refractivity contribution in [2.45, 2.75) is 25.8 Å². The number of hydrogen-bond donors (Lipinski definition) is 4. The molecule has 6 heteroatoms. The van der Waals surface area contributed by atoms with Crippen molar-refractivity contribution in [2.24, 2.45) is 5.73 Å². The zero-order valence-corrected chi connectivity index (χ0v) is 11.6. The van der Waals surface area contributed by atoms with E-state index in [9.17, 15) is 9.59 Å². The summed E-state index contributed by atoms with van der Waals surface area (Å²) in [4.78, 5) is 22.9. The Morgan fingerprint density at radius 1 is 1.35 bits per heavy atom. The third-order valence-corrected chi connectivity index (χ3v) is 2.88. The van der Waals surface area contributed by atoms with Crippen molar-refractivity contribution < 1.29 is 14.7 Å². The molecule has 6 nitrogen and oxygen atoms in total. The zero-order valence-electron chi connectivity index (χ0n) is 11.6. The predicted molar refractivity (Wildman–Crippen MR) is 77.5 cm³/mol. The predicted octanol–water partition coefficient (Wildman–Crippen LogP) is 0.715. The van der Waals surface area contributed by atoms with Crippen molar-refractivity contribution in [3.8, 4) is 0 Å². The van der Waals surface area contributed by atoms with Gasteiger partial charge in [0.15, 0.2) is 0 Å². The standard InChI is InChI=1S/C14H21N3O3/c1-10-5-2-3-6-11(10)17-13(18)9-12(14(19)20)16-8-4-7-15/h2-3,5-6,12,16H,4,7-9,15H2,1H3,(H,17,18)(H,19,20)/t12-/m1/s1. The van der Waals surface area contributed by atoms with Crippen LogP contribution in [0.15, 0.2) is 24.3 Å². The van der Waals surface area contributed by atoms with Gasteiger partial charge in [-0.25, -0.2) is 0 Å². The average Bonchev–Trinajstić information content (AvgIpc) is 2.40. The van der Waals surface area contributed by atoms with Crippen molar-refractivity contribution in [1.82, 2.24) is 5.32 Å². The van der Waals surface area contributed by atoms with Crippen LogP contribution in [-0.4, -0.2) is 36.1 Å². The van der Waals surface area contributed by atoms with Gasteiger partial charge in [-0.2, -0.15) is 0 Å². The van der Waals surface area contributed by atoms with Gasteiger partial charge in [0.05, 0.1) is 6.42 Å². The average molecular weight is 279 g/mol. The topological polar surface area (TPSA) is 104 Å². The molecular weight excluding hydrogens is 258 g/mol. The molecule has 0 bridgehead atoms. The molecule has 0 fully saturated rings. The first-order valence-corrected chi connectivity index (χ1v) is 6.56. The van der Waals surface area contributed by atoms with E-state index in [-0.39, 0.29) is 12.3 Å². The number of aliphatic carboxylic acids is 1. The Kier molecular flexibility index (Phi) is 6.69. The molecule has 0 aliphatic carbocycles. The molecule has 20 heavy (non-hydrogen) atoms. The van der Waals surface area contributed by atoms with Gasteiger partial charge in [0, 0.05) is 5.69 Å². The summed E-state index contributed by atoms with van der Waals surface area (Å²) >= 11 is 0. The Bertz CT molecular complexity index is 463. The Hall–Kier alpha value is -1.92. The van der Waals surface area contributed by atoms with Gasteiger partial charge >= 0.3 is 5.97 Å². The SMILES string of the molecule is Cc1ccccc1NC(=O)C[C@@H](NCCCN)C(=O)O. The van der Waals surface area contributed by atoms with E-state index in [1.54, 1.807) is 6.07 Å². The molecule has 0 heterocycles. The van der Waals surface area contributed by atoms with Crippen LogP contribution in [0.25, 0.3) is 0 Å². The molecule has 0 radical (unpaired) electrons. The van der Waals surface area contributed by atoms with Crippen LogP contribution in [0, 0.1) is 6.92 Å². The maximum absolute atomic E-state index is 11.9.